The Balaban J connectivity index is 4.01. The van der Waals surface area contributed by atoms with Crippen molar-refractivity contribution < 1.29 is 9.90 Å². The molecule has 0 aromatic carbocycles. The molecule has 3 heteroatoms. The third kappa shape index (κ3) is 8.43. The van der Waals surface area contributed by atoms with Crippen LogP contribution in [0.5, 0.6) is 0 Å². The molecule has 0 aliphatic rings. The molecular formula is C12H25NO2. The van der Waals surface area contributed by atoms with Gasteiger partial charge in [-0.15, -0.1) is 0 Å². The number of aliphatic carboxylic acids is 1. The summed E-state index contributed by atoms with van der Waals surface area (Å²) in [7, 11) is 0. The third-order valence-corrected chi connectivity index (χ3v) is 2.49. The molecule has 3 nitrogen and oxygen atoms in total. The summed E-state index contributed by atoms with van der Waals surface area (Å²) in [5.41, 5.74) is 5.88. The van der Waals surface area contributed by atoms with Crippen LogP contribution in [0.2, 0.25) is 0 Å². The normalized spacial score (nSPS) is 16.1. The van der Waals surface area contributed by atoms with E-state index < -0.39 is 5.97 Å². The molecule has 15 heavy (non-hydrogen) atoms. The van der Waals surface area contributed by atoms with E-state index in [1.165, 1.54) is 0 Å². The molecule has 0 aliphatic carbocycles. The quantitative estimate of drug-likeness (QED) is 0.715. The average molecular weight is 215 g/mol. The van der Waals surface area contributed by atoms with E-state index in [4.69, 9.17) is 10.8 Å². The van der Waals surface area contributed by atoms with Gasteiger partial charge in [0.15, 0.2) is 0 Å². The van der Waals surface area contributed by atoms with Gasteiger partial charge in [0, 0.05) is 6.42 Å². The van der Waals surface area contributed by atoms with Gasteiger partial charge in [0.2, 0.25) is 0 Å². The third-order valence-electron chi connectivity index (χ3n) is 2.49. The summed E-state index contributed by atoms with van der Waals surface area (Å²) in [6.45, 7) is 9.27. The fourth-order valence-electron chi connectivity index (χ4n) is 2.21. The molecule has 90 valence electrons. The Bertz CT molecular complexity index is 196. The summed E-state index contributed by atoms with van der Waals surface area (Å²) in [6, 6.07) is 0. The lowest BCUT2D eigenvalue weighted by atomic mass is 9.81. The molecule has 3 N–H and O–H groups in total. The second kappa shape index (κ2) is 6.11. The average Bonchev–Trinajstić information content (AvgIpc) is 1.98. The summed E-state index contributed by atoms with van der Waals surface area (Å²) in [5, 5.41) is 8.70. The van der Waals surface area contributed by atoms with Crippen molar-refractivity contribution in [3.8, 4) is 0 Å². The zero-order chi connectivity index (χ0) is 12.1. The molecule has 0 fully saturated rings. The van der Waals surface area contributed by atoms with E-state index in [1.807, 2.05) is 0 Å². The summed E-state index contributed by atoms with van der Waals surface area (Å²) >= 11 is 0. The van der Waals surface area contributed by atoms with Crippen molar-refractivity contribution in [1.82, 2.24) is 0 Å². The summed E-state index contributed by atoms with van der Waals surface area (Å²) in [5.74, 6) is -0.0776. The second-order valence-corrected chi connectivity index (χ2v) is 5.81. The number of hydrogen-bond acceptors (Lipinski definition) is 2. The number of carbonyl (C=O) groups is 1. The highest BCUT2D eigenvalue weighted by Crippen LogP contribution is 2.28. The number of hydrogen-bond donors (Lipinski definition) is 2. The van der Waals surface area contributed by atoms with E-state index in [1.54, 1.807) is 0 Å². The van der Waals surface area contributed by atoms with Crippen LogP contribution in [0.3, 0.4) is 0 Å². The van der Waals surface area contributed by atoms with Crippen LogP contribution in [0.25, 0.3) is 0 Å². The summed E-state index contributed by atoms with van der Waals surface area (Å²) < 4.78 is 0. The Morgan fingerprint density at radius 1 is 1.40 bits per heavy atom. The minimum absolute atomic E-state index is 0.125. The minimum atomic E-state index is -0.742. The predicted molar refractivity (Wildman–Crippen MR) is 62.7 cm³/mol. The van der Waals surface area contributed by atoms with Crippen molar-refractivity contribution in [2.24, 2.45) is 23.0 Å². The molecule has 0 aromatic heterocycles. The molecule has 2 atom stereocenters. The van der Waals surface area contributed by atoms with Gasteiger partial charge >= 0.3 is 5.97 Å². The van der Waals surface area contributed by atoms with Crippen molar-refractivity contribution in [3.63, 3.8) is 0 Å². The van der Waals surface area contributed by atoms with Crippen LogP contribution in [-0.2, 0) is 4.79 Å². The monoisotopic (exact) mass is 215 g/mol. The Labute approximate surface area is 93.0 Å². The van der Waals surface area contributed by atoms with Crippen molar-refractivity contribution in [2.75, 3.05) is 6.54 Å². The molecule has 0 aromatic rings. The Morgan fingerprint density at radius 3 is 2.27 bits per heavy atom. The molecule has 0 rings (SSSR count). The number of carboxylic acids is 1. The van der Waals surface area contributed by atoms with E-state index >= 15 is 0 Å². The topological polar surface area (TPSA) is 63.3 Å². The Morgan fingerprint density at radius 2 is 1.93 bits per heavy atom. The van der Waals surface area contributed by atoms with Gasteiger partial charge in [-0.05, 0) is 36.6 Å². The van der Waals surface area contributed by atoms with Crippen LogP contribution in [0.4, 0.5) is 0 Å². The van der Waals surface area contributed by atoms with Crippen LogP contribution in [0.15, 0.2) is 0 Å². The van der Waals surface area contributed by atoms with Gasteiger partial charge in [-0.25, -0.2) is 0 Å². The molecule has 2 unspecified atom stereocenters. The lowest BCUT2D eigenvalue weighted by molar-refractivity contribution is -0.138. The highest BCUT2D eigenvalue weighted by atomic mass is 16.4. The maximum absolute atomic E-state index is 10.6. The number of rotatable bonds is 6. The number of nitrogens with two attached hydrogens (primary N) is 1. The molecule has 0 saturated carbocycles. The molecule has 0 saturated heterocycles. The lowest BCUT2D eigenvalue weighted by Gasteiger charge is -2.25. The van der Waals surface area contributed by atoms with Crippen molar-refractivity contribution >= 4 is 5.97 Å². The van der Waals surface area contributed by atoms with Gasteiger partial charge in [0.1, 0.15) is 0 Å². The zero-order valence-corrected chi connectivity index (χ0v) is 10.4. The first-order chi connectivity index (χ1) is 6.74. The van der Waals surface area contributed by atoms with E-state index in [0.29, 0.717) is 17.9 Å². The predicted octanol–water partition coefficient (Wildman–Crippen LogP) is 2.50. The Kier molecular flexibility index (Phi) is 5.88. The molecule has 0 heterocycles. The first kappa shape index (κ1) is 14.4. The van der Waals surface area contributed by atoms with Crippen LogP contribution >= 0.6 is 0 Å². The molecule has 0 aliphatic heterocycles. The smallest absolute Gasteiger partial charge is 0.303 e. The molecule has 0 bridgehead atoms. The largest absolute Gasteiger partial charge is 0.481 e. The van der Waals surface area contributed by atoms with E-state index in [2.05, 4.69) is 27.7 Å². The van der Waals surface area contributed by atoms with Gasteiger partial charge in [-0.2, -0.15) is 0 Å². The van der Waals surface area contributed by atoms with Gasteiger partial charge in [0.25, 0.3) is 0 Å². The van der Waals surface area contributed by atoms with Crippen LogP contribution in [0.1, 0.15) is 47.0 Å². The summed E-state index contributed by atoms with van der Waals surface area (Å²) in [4.78, 5) is 10.6. The molecular weight excluding hydrogens is 190 g/mol. The van der Waals surface area contributed by atoms with Gasteiger partial charge < -0.3 is 10.8 Å². The Hall–Kier alpha value is -0.570. The van der Waals surface area contributed by atoms with Crippen molar-refractivity contribution in [2.45, 2.75) is 47.0 Å². The summed E-state index contributed by atoms with van der Waals surface area (Å²) in [6.07, 6.45) is 2.23. The maximum Gasteiger partial charge on any atom is 0.303 e. The highest BCUT2D eigenvalue weighted by molar-refractivity contribution is 5.67. The van der Waals surface area contributed by atoms with Crippen LogP contribution < -0.4 is 5.73 Å². The minimum Gasteiger partial charge on any atom is -0.481 e. The van der Waals surface area contributed by atoms with Gasteiger partial charge in [-0.1, -0.05) is 27.7 Å². The first-order valence-electron chi connectivity index (χ1n) is 5.66. The SMILES string of the molecule is CC(CC(CN)CC(=O)O)CC(C)(C)C. The van der Waals surface area contributed by atoms with E-state index in [9.17, 15) is 4.79 Å². The first-order valence-corrected chi connectivity index (χ1v) is 5.66. The van der Waals surface area contributed by atoms with Gasteiger partial charge in [0.05, 0.1) is 0 Å². The second-order valence-electron chi connectivity index (χ2n) is 5.81. The lowest BCUT2D eigenvalue weighted by Crippen LogP contribution is -2.22. The van der Waals surface area contributed by atoms with Crippen LogP contribution in [0, 0.1) is 17.3 Å². The van der Waals surface area contributed by atoms with Crippen molar-refractivity contribution in [3.05, 3.63) is 0 Å². The maximum atomic E-state index is 10.6. The van der Waals surface area contributed by atoms with Crippen molar-refractivity contribution in [1.29, 1.82) is 0 Å². The standard InChI is InChI=1S/C12H25NO2/c1-9(7-12(2,3)4)5-10(8-13)6-11(14)15/h9-10H,5-8,13H2,1-4H3,(H,14,15). The molecule has 0 spiro atoms. The highest BCUT2D eigenvalue weighted by Gasteiger charge is 2.19. The zero-order valence-electron chi connectivity index (χ0n) is 10.4. The van der Waals surface area contributed by atoms with Gasteiger partial charge in [-0.3, -0.25) is 4.79 Å². The fourth-order valence-corrected chi connectivity index (χ4v) is 2.21. The van der Waals surface area contributed by atoms with E-state index in [-0.39, 0.29) is 12.3 Å². The molecule has 0 radical (unpaired) electrons. The number of carboxylic acid groups (broad SMARTS) is 1. The van der Waals surface area contributed by atoms with E-state index in [0.717, 1.165) is 12.8 Å². The fraction of sp³-hybridized carbons (Fsp3) is 0.917. The van der Waals surface area contributed by atoms with Crippen LogP contribution in [-0.4, -0.2) is 17.6 Å². The molecule has 0 amide bonds.